The molecule has 0 saturated carbocycles. The van der Waals surface area contributed by atoms with Crippen LogP contribution in [0.5, 0.6) is 0 Å². The highest BCUT2D eigenvalue weighted by atomic mass is 16.7. The minimum Gasteiger partial charge on any atom is -0.399 e. The lowest BCUT2D eigenvalue weighted by molar-refractivity contribution is -0.133. The summed E-state index contributed by atoms with van der Waals surface area (Å²) in [4.78, 5) is 13.9. The lowest BCUT2D eigenvalue weighted by Gasteiger charge is -2.32. The van der Waals surface area contributed by atoms with E-state index in [1.165, 1.54) is 0 Å². The van der Waals surface area contributed by atoms with Crippen LogP contribution in [0.4, 0.5) is 0 Å². The first kappa shape index (κ1) is 15.6. The second-order valence-electron chi connectivity index (χ2n) is 7.24. The molecule has 0 unspecified atom stereocenters. The monoisotopic (exact) mass is 301 g/mol. The Morgan fingerprint density at radius 2 is 1.64 bits per heavy atom. The highest BCUT2D eigenvalue weighted by Crippen LogP contribution is 2.36. The van der Waals surface area contributed by atoms with E-state index in [-0.39, 0.29) is 24.2 Å². The molecule has 2 aliphatic rings. The Bertz CT molecular complexity index is 548. The first-order valence-electron chi connectivity index (χ1n) is 8.01. The zero-order chi connectivity index (χ0) is 16.0. The molecule has 0 atom stereocenters. The highest BCUT2D eigenvalue weighted by Gasteiger charge is 2.51. The second-order valence-corrected chi connectivity index (χ2v) is 7.24. The zero-order valence-corrected chi connectivity index (χ0v) is 13.9. The maximum Gasteiger partial charge on any atom is 0.494 e. The number of hydrogen-bond acceptors (Lipinski definition) is 3. The second kappa shape index (κ2) is 5.39. The van der Waals surface area contributed by atoms with Crippen molar-refractivity contribution in [1.29, 1.82) is 0 Å². The van der Waals surface area contributed by atoms with Gasteiger partial charge in [0.2, 0.25) is 5.91 Å². The number of nitrogens with zero attached hydrogens (tertiary/aromatic N) is 1. The molecule has 5 heteroatoms. The molecule has 0 bridgehead atoms. The Balaban J connectivity index is 1.66. The lowest BCUT2D eigenvalue weighted by Crippen LogP contribution is -2.42. The Morgan fingerprint density at radius 1 is 1.09 bits per heavy atom. The van der Waals surface area contributed by atoms with Crippen molar-refractivity contribution in [2.75, 3.05) is 13.1 Å². The van der Waals surface area contributed by atoms with Crippen LogP contribution in [0.25, 0.3) is 0 Å². The van der Waals surface area contributed by atoms with Gasteiger partial charge >= 0.3 is 7.12 Å². The SMILES string of the molecule is CC1(C)OB(c2ccc(CC(=O)N3CCC3)cc2)OC1(C)C. The average molecular weight is 301 g/mol. The van der Waals surface area contributed by atoms with E-state index < -0.39 is 0 Å². The van der Waals surface area contributed by atoms with E-state index in [0.717, 1.165) is 30.5 Å². The summed E-state index contributed by atoms with van der Waals surface area (Å²) in [5.41, 5.74) is 1.38. The van der Waals surface area contributed by atoms with Crippen LogP contribution in [0.15, 0.2) is 24.3 Å². The van der Waals surface area contributed by atoms with Crippen LogP contribution >= 0.6 is 0 Å². The summed E-state index contributed by atoms with van der Waals surface area (Å²) in [6.07, 6.45) is 1.61. The summed E-state index contributed by atoms with van der Waals surface area (Å²) in [7, 11) is -0.342. The van der Waals surface area contributed by atoms with Crippen LogP contribution in [0, 0.1) is 0 Å². The number of hydrogen-bond donors (Lipinski definition) is 0. The number of carbonyl (C=O) groups excluding carboxylic acids is 1. The Hall–Kier alpha value is -1.33. The average Bonchev–Trinajstić information content (AvgIpc) is 2.57. The topological polar surface area (TPSA) is 38.8 Å². The number of likely N-dealkylation sites (tertiary alicyclic amines) is 1. The molecule has 118 valence electrons. The fourth-order valence-corrected chi connectivity index (χ4v) is 2.62. The molecule has 0 radical (unpaired) electrons. The van der Waals surface area contributed by atoms with Gasteiger partial charge in [-0.25, -0.2) is 0 Å². The third-order valence-electron chi connectivity index (χ3n) is 5.07. The van der Waals surface area contributed by atoms with Gasteiger partial charge in [0.1, 0.15) is 0 Å². The van der Waals surface area contributed by atoms with Crippen molar-refractivity contribution >= 4 is 18.5 Å². The molecular weight excluding hydrogens is 277 g/mol. The van der Waals surface area contributed by atoms with Gasteiger partial charge in [0.15, 0.2) is 0 Å². The smallest absolute Gasteiger partial charge is 0.399 e. The molecule has 1 aromatic carbocycles. The molecule has 22 heavy (non-hydrogen) atoms. The van der Waals surface area contributed by atoms with Gasteiger partial charge in [-0.05, 0) is 45.1 Å². The Labute approximate surface area is 132 Å². The van der Waals surface area contributed by atoms with Crippen LogP contribution in [0.3, 0.4) is 0 Å². The summed E-state index contributed by atoms with van der Waals surface area (Å²) in [5, 5.41) is 0. The highest BCUT2D eigenvalue weighted by molar-refractivity contribution is 6.62. The van der Waals surface area contributed by atoms with E-state index in [2.05, 4.69) is 0 Å². The maximum absolute atomic E-state index is 12.0. The van der Waals surface area contributed by atoms with E-state index >= 15 is 0 Å². The molecule has 1 aromatic rings. The maximum atomic E-state index is 12.0. The van der Waals surface area contributed by atoms with Crippen LogP contribution < -0.4 is 5.46 Å². The molecule has 2 saturated heterocycles. The van der Waals surface area contributed by atoms with Gasteiger partial charge in [0, 0.05) is 13.1 Å². The molecule has 2 aliphatic heterocycles. The summed E-state index contributed by atoms with van der Waals surface area (Å²) in [6.45, 7) is 10.0. The van der Waals surface area contributed by atoms with Crippen molar-refractivity contribution in [3.8, 4) is 0 Å². The zero-order valence-electron chi connectivity index (χ0n) is 13.9. The minimum absolute atomic E-state index is 0.217. The van der Waals surface area contributed by atoms with Crippen molar-refractivity contribution in [1.82, 2.24) is 4.90 Å². The van der Waals surface area contributed by atoms with Gasteiger partial charge in [-0.1, -0.05) is 24.3 Å². The quantitative estimate of drug-likeness (QED) is 0.799. The molecule has 0 N–H and O–H groups in total. The Kier molecular flexibility index (Phi) is 3.81. The van der Waals surface area contributed by atoms with Gasteiger partial charge in [0.05, 0.1) is 17.6 Å². The van der Waals surface area contributed by atoms with E-state index in [0.29, 0.717) is 6.42 Å². The molecule has 0 aliphatic carbocycles. The van der Waals surface area contributed by atoms with Crippen LogP contribution in [0.1, 0.15) is 39.7 Å². The van der Waals surface area contributed by atoms with Crippen molar-refractivity contribution < 1.29 is 14.1 Å². The number of carbonyl (C=O) groups is 1. The van der Waals surface area contributed by atoms with Crippen molar-refractivity contribution in [2.24, 2.45) is 0 Å². The summed E-state index contributed by atoms with van der Waals surface area (Å²) >= 11 is 0. The van der Waals surface area contributed by atoms with Crippen LogP contribution in [0.2, 0.25) is 0 Å². The van der Waals surface area contributed by atoms with Crippen molar-refractivity contribution in [2.45, 2.75) is 51.7 Å². The van der Waals surface area contributed by atoms with Crippen LogP contribution in [-0.2, 0) is 20.5 Å². The van der Waals surface area contributed by atoms with E-state index in [4.69, 9.17) is 9.31 Å². The number of benzene rings is 1. The minimum atomic E-state index is -0.342. The molecular formula is C17H24BNO3. The van der Waals surface area contributed by atoms with E-state index in [1.54, 1.807) is 0 Å². The fraction of sp³-hybridized carbons (Fsp3) is 0.588. The van der Waals surface area contributed by atoms with Crippen molar-refractivity contribution in [3.05, 3.63) is 29.8 Å². The molecule has 2 fully saturated rings. The van der Waals surface area contributed by atoms with Gasteiger partial charge in [-0.15, -0.1) is 0 Å². The predicted octanol–water partition coefficient (Wildman–Crippen LogP) is 1.76. The van der Waals surface area contributed by atoms with E-state index in [1.807, 2.05) is 56.9 Å². The largest absolute Gasteiger partial charge is 0.494 e. The molecule has 3 rings (SSSR count). The first-order valence-corrected chi connectivity index (χ1v) is 8.01. The lowest BCUT2D eigenvalue weighted by atomic mass is 9.79. The first-order chi connectivity index (χ1) is 10.3. The van der Waals surface area contributed by atoms with Gasteiger partial charge in [-0.3, -0.25) is 4.79 Å². The number of rotatable bonds is 3. The van der Waals surface area contributed by atoms with E-state index in [9.17, 15) is 4.79 Å². The third-order valence-corrected chi connectivity index (χ3v) is 5.07. The summed E-state index contributed by atoms with van der Waals surface area (Å²) in [6, 6.07) is 8.00. The Morgan fingerprint density at radius 3 is 2.09 bits per heavy atom. The standard InChI is InChI=1S/C17H24BNO3/c1-16(2)17(3,4)22-18(21-16)14-8-6-13(7-9-14)12-15(20)19-10-5-11-19/h6-9H,5,10-12H2,1-4H3. The predicted molar refractivity (Wildman–Crippen MR) is 87.1 cm³/mol. The summed E-state index contributed by atoms with van der Waals surface area (Å²) in [5.74, 6) is 0.217. The normalized spacial score (nSPS) is 22.5. The molecule has 4 nitrogen and oxygen atoms in total. The third kappa shape index (κ3) is 2.80. The fourth-order valence-electron chi connectivity index (χ4n) is 2.62. The van der Waals surface area contributed by atoms with Gasteiger partial charge in [-0.2, -0.15) is 0 Å². The summed E-state index contributed by atoms with van der Waals surface area (Å²) < 4.78 is 12.1. The van der Waals surface area contributed by atoms with Gasteiger partial charge < -0.3 is 14.2 Å². The number of amides is 1. The van der Waals surface area contributed by atoms with Crippen molar-refractivity contribution in [3.63, 3.8) is 0 Å². The molecule has 2 heterocycles. The molecule has 1 amide bonds. The molecule has 0 aromatic heterocycles. The molecule has 0 spiro atoms. The van der Waals surface area contributed by atoms with Gasteiger partial charge in [0.25, 0.3) is 0 Å². The van der Waals surface area contributed by atoms with Crippen LogP contribution in [-0.4, -0.2) is 42.2 Å².